The van der Waals surface area contributed by atoms with E-state index in [1.807, 2.05) is 20.8 Å². The number of hydrogen-bond acceptors (Lipinski definition) is 4. The Morgan fingerprint density at radius 2 is 1.68 bits per heavy atom. The Bertz CT molecular complexity index is 312. The minimum absolute atomic E-state index is 0.0725. The summed E-state index contributed by atoms with van der Waals surface area (Å²) in [4.78, 5) is 23.3. The zero-order chi connectivity index (χ0) is 15.3. The summed E-state index contributed by atoms with van der Waals surface area (Å²) in [5.74, 6) is -1.12. The molecule has 0 aliphatic carbocycles. The first-order chi connectivity index (χ1) is 8.41. The van der Waals surface area contributed by atoms with E-state index in [2.05, 4.69) is 19.6 Å². The van der Waals surface area contributed by atoms with E-state index >= 15 is 0 Å². The summed E-state index contributed by atoms with van der Waals surface area (Å²) in [6.45, 7) is 14.3. The summed E-state index contributed by atoms with van der Waals surface area (Å²) in [7, 11) is -1.19. The summed E-state index contributed by atoms with van der Waals surface area (Å²) in [5, 5.41) is 0. The van der Waals surface area contributed by atoms with Gasteiger partial charge >= 0.3 is 11.9 Å². The van der Waals surface area contributed by atoms with Crippen molar-refractivity contribution in [3.63, 3.8) is 0 Å². The smallest absolute Gasteiger partial charge is 0.309 e. The van der Waals surface area contributed by atoms with Gasteiger partial charge in [-0.2, -0.15) is 0 Å². The summed E-state index contributed by atoms with van der Waals surface area (Å²) >= 11 is 0. The molecule has 5 heteroatoms. The Labute approximate surface area is 117 Å². The van der Waals surface area contributed by atoms with Gasteiger partial charge in [-0.3, -0.25) is 9.59 Å². The second kappa shape index (κ2) is 7.08. The Morgan fingerprint density at radius 1 is 1.16 bits per heavy atom. The van der Waals surface area contributed by atoms with E-state index in [1.165, 1.54) is 0 Å². The van der Waals surface area contributed by atoms with Crippen LogP contribution in [0.15, 0.2) is 0 Å². The van der Waals surface area contributed by atoms with Crippen LogP contribution in [0.5, 0.6) is 0 Å². The van der Waals surface area contributed by atoms with E-state index < -0.39 is 19.6 Å². The van der Waals surface area contributed by atoms with Crippen LogP contribution in [0.1, 0.15) is 34.1 Å². The molecular weight excluding hydrogens is 260 g/mol. The van der Waals surface area contributed by atoms with E-state index in [0.29, 0.717) is 6.61 Å². The van der Waals surface area contributed by atoms with Crippen molar-refractivity contribution >= 4 is 20.0 Å². The molecule has 0 heterocycles. The number of hydrogen-bond donors (Lipinski definition) is 0. The van der Waals surface area contributed by atoms with Gasteiger partial charge in [0.05, 0.1) is 18.9 Å². The zero-order valence-electron chi connectivity index (χ0n) is 13.3. The summed E-state index contributed by atoms with van der Waals surface area (Å²) in [6.07, 6.45) is 0.0725. The first-order valence-electron chi connectivity index (χ1n) is 6.79. The highest BCUT2D eigenvalue weighted by atomic mass is 28.3. The average molecular weight is 288 g/mol. The molecule has 0 bridgehead atoms. The molecule has 0 aromatic rings. The van der Waals surface area contributed by atoms with E-state index in [-0.39, 0.29) is 18.4 Å². The van der Waals surface area contributed by atoms with E-state index in [1.54, 1.807) is 6.92 Å². The van der Waals surface area contributed by atoms with Crippen molar-refractivity contribution in [1.29, 1.82) is 0 Å². The molecular formula is C14H28O4Si. The van der Waals surface area contributed by atoms with Crippen LogP contribution >= 0.6 is 0 Å². The quantitative estimate of drug-likeness (QED) is 0.556. The van der Waals surface area contributed by atoms with Crippen molar-refractivity contribution in [2.24, 2.45) is 5.92 Å². The minimum Gasteiger partial charge on any atom is -0.466 e. The highest BCUT2D eigenvalue weighted by Gasteiger charge is 2.23. The van der Waals surface area contributed by atoms with Gasteiger partial charge in [-0.05, 0) is 26.8 Å². The lowest BCUT2D eigenvalue weighted by Crippen LogP contribution is -2.28. The fraction of sp³-hybridized carbons (Fsp3) is 0.857. The first kappa shape index (κ1) is 18.2. The van der Waals surface area contributed by atoms with Gasteiger partial charge in [0.15, 0.2) is 0 Å². The molecule has 0 spiro atoms. The van der Waals surface area contributed by atoms with Crippen molar-refractivity contribution in [2.45, 2.75) is 65.4 Å². The second-order valence-electron chi connectivity index (χ2n) is 7.17. The van der Waals surface area contributed by atoms with Gasteiger partial charge in [0, 0.05) is 8.07 Å². The van der Waals surface area contributed by atoms with E-state index in [4.69, 9.17) is 9.47 Å². The Hall–Kier alpha value is -0.843. The molecule has 19 heavy (non-hydrogen) atoms. The Kier molecular flexibility index (Phi) is 6.76. The lowest BCUT2D eigenvalue weighted by atomic mass is 10.1. The molecule has 0 aliphatic rings. The SMILES string of the molecule is C[C@@H](CC(=O)OC(C)(C)C)C(=O)OCC[Si](C)(C)C. The third kappa shape index (κ3) is 10.7. The standard InChI is InChI=1S/C14H28O4Si/c1-11(10-12(15)18-14(2,3)4)13(16)17-8-9-19(5,6)7/h11H,8-10H2,1-7H3/t11-/m0/s1. The third-order valence-corrected chi connectivity index (χ3v) is 4.10. The Balaban J connectivity index is 4.04. The molecule has 0 saturated carbocycles. The van der Waals surface area contributed by atoms with Crippen LogP contribution in [-0.4, -0.2) is 32.2 Å². The molecule has 0 saturated heterocycles. The fourth-order valence-electron chi connectivity index (χ4n) is 1.32. The third-order valence-electron chi connectivity index (χ3n) is 2.39. The molecule has 0 N–H and O–H groups in total. The van der Waals surface area contributed by atoms with Crippen LogP contribution in [0.2, 0.25) is 25.7 Å². The molecule has 0 amide bonds. The van der Waals surface area contributed by atoms with Gasteiger partial charge in [0.2, 0.25) is 0 Å². The van der Waals surface area contributed by atoms with Gasteiger partial charge in [0.1, 0.15) is 5.60 Å². The van der Waals surface area contributed by atoms with Crippen LogP contribution in [-0.2, 0) is 19.1 Å². The van der Waals surface area contributed by atoms with Crippen molar-refractivity contribution < 1.29 is 19.1 Å². The predicted octanol–water partition coefficient (Wildman–Crippen LogP) is 3.24. The summed E-state index contributed by atoms with van der Waals surface area (Å²) < 4.78 is 10.4. The van der Waals surface area contributed by atoms with Crippen LogP contribution in [0.4, 0.5) is 0 Å². The largest absolute Gasteiger partial charge is 0.466 e. The maximum absolute atomic E-state index is 11.7. The maximum Gasteiger partial charge on any atom is 0.309 e. The lowest BCUT2D eigenvalue weighted by molar-refractivity contribution is -0.161. The number of ether oxygens (including phenoxy) is 2. The van der Waals surface area contributed by atoms with Gasteiger partial charge in [0.25, 0.3) is 0 Å². The molecule has 0 unspecified atom stereocenters. The first-order valence-corrected chi connectivity index (χ1v) is 10.5. The van der Waals surface area contributed by atoms with Crippen LogP contribution in [0.3, 0.4) is 0 Å². The molecule has 0 radical (unpaired) electrons. The average Bonchev–Trinajstić information content (AvgIpc) is 2.11. The normalized spacial score (nSPS) is 13.8. The molecule has 0 fully saturated rings. The van der Waals surface area contributed by atoms with Crippen LogP contribution < -0.4 is 0 Å². The van der Waals surface area contributed by atoms with Crippen LogP contribution in [0, 0.1) is 5.92 Å². The topological polar surface area (TPSA) is 52.6 Å². The number of esters is 2. The van der Waals surface area contributed by atoms with E-state index in [9.17, 15) is 9.59 Å². The highest BCUT2D eigenvalue weighted by molar-refractivity contribution is 6.76. The number of rotatable bonds is 6. The van der Waals surface area contributed by atoms with Gasteiger partial charge in [-0.15, -0.1) is 0 Å². The molecule has 1 atom stereocenters. The van der Waals surface area contributed by atoms with Gasteiger partial charge in [-0.1, -0.05) is 26.6 Å². The highest BCUT2D eigenvalue weighted by Crippen LogP contribution is 2.14. The van der Waals surface area contributed by atoms with Crippen molar-refractivity contribution in [3.8, 4) is 0 Å². The Morgan fingerprint density at radius 3 is 2.11 bits per heavy atom. The van der Waals surface area contributed by atoms with Crippen LogP contribution in [0.25, 0.3) is 0 Å². The molecule has 0 aliphatic heterocycles. The van der Waals surface area contributed by atoms with Gasteiger partial charge in [-0.25, -0.2) is 0 Å². The number of carbonyl (C=O) groups excluding carboxylic acids is 2. The maximum atomic E-state index is 11.7. The molecule has 0 rings (SSSR count). The monoisotopic (exact) mass is 288 g/mol. The lowest BCUT2D eigenvalue weighted by Gasteiger charge is -2.21. The molecule has 4 nitrogen and oxygen atoms in total. The second-order valence-corrected chi connectivity index (χ2v) is 12.8. The molecule has 112 valence electrons. The summed E-state index contributed by atoms with van der Waals surface area (Å²) in [5.41, 5.74) is -0.515. The summed E-state index contributed by atoms with van der Waals surface area (Å²) in [6, 6.07) is 0.942. The van der Waals surface area contributed by atoms with Crippen molar-refractivity contribution in [2.75, 3.05) is 6.61 Å². The zero-order valence-corrected chi connectivity index (χ0v) is 14.3. The molecule has 0 aromatic carbocycles. The fourth-order valence-corrected chi connectivity index (χ4v) is 2.03. The number of carbonyl (C=O) groups is 2. The minimum atomic E-state index is -1.19. The van der Waals surface area contributed by atoms with Gasteiger partial charge < -0.3 is 9.47 Å². The molecule has 0 aromatic heterocycles. The predicted molar refractivity (Wildman–Crippen MR) is 78.7 cm³/mol. The van der Waals surface area contributed by atoms with E-state index in [0.717, 1.165) is 6.04 Å². The van der Waals surface area contributed by atoms with Crippen molar-refractivity contribution in [1.82, 2.24) is 0 Å². The van der Waals surface area contributed by atoms with Crippen molar-refractivity contribution in [3.05, 3.63) is 0 Å².